The number of hydrogen-bond acceptors (Lipinski definition) is 5. The summed E-state index contributed by atoms with van der Waals surface area (Å²) in [5, 5.41) is 10.8. The van der Waals surface area contributed by atoms with Crippen LogP contribution in [0, 0.1) is 29.6 Å². The van der Waals surface area contributed by atoms with Crippen LogP contribution in [0.25, 0.3) is 0 Å². The second kappa shape index (κ2) is 12.4. The number of alkyl halides is 1. The fraction of sp³-hybridized carbons (Fsp3) is 0.966. The molecule has 8 atom stereocenters. The van der Waals surface area contributed by atoms with E-state index in [0.717, 1.165) is 51.6 Å². The minimum absolute atomic E-state index is 0.00331. The zero-order valence-electron chi connectivity index (χ0n) is 22.7. The zero-order chi connectivity index (χ0) is 25.1. The van der Waals surface area contributed by atoms with Gasteiger partial charge in [0.25, 0.3) is 0 Å². The molecule has 0 aromatic rings. The smallest absolute Gasteiger partial charge is 0.237 e. The van der Waals surface area contributed by atoms with E-state index in [4.69, 9.17) is 4.74 Å². The fourth-order valence-electron chi connectivity index (χ4n) is 8.15. The molecule has 5 rings (SSSR count). The van der Waals surface area contributed by atoms with E-state index >= 15 is 0 Å². The quantitative estimate of drug-likeness (QED) is 0.493. The highest BCUT2D eigenvalue weighted by Crippen LogP contribution is 2.39. The Morgan fingerprint density at radius 3 is 2.50 bits per heavy atom. The largest absolute Gasteiger partial charge is 0.379 e. The lowest BCUT2D eigenvalue weighted by Crippen LogP contribution is -2.58. The molecule has 3 heterocycles. The van der Waals surface area contributed by atoms with Gasteiger partial charge in [-0.2, -0.15) is 0 Å². The minimum Gasteiger partial charge on any atom is -0.379 e. The van der Waals surface area contributed by atoms with Crippen LogP contribution in [-0.2, 0) is 9.53 Å². The SMILES string of the molecule is CC1CCCNC1C(CC1CCC(CN2CCOCC2)CC1)NC(=O)C1CC2C(F)CCC(C)C2N1. The van der Waals surface area contributed by atoms with Crippen LogP contribution in [-0.4, -0.2) is 80.5 Å². The highest BCUT2D eigenvalue weighted by molar-refractivity contribution is 5.82. The third-order valence-electron chi connectivity index (χ3n) is 10.4. The van der Waals surface area contributed by atoms with Crippen LogP contribution in [0.4, 0.5) is 4.39 Å². The molecule has 0 radical (unpaired) electrons. The molecule has 206 valence electrons. The number of morpholine rings is 1. The fourth-order valence-corrected chi connectivity index (χ4v) is 8.15. The number of carbonyl (C=O) groups is 1. The van der Waals surface area contributed by atoms with Crippen molar-refractivity contribution in [2.45, 2.75) is 108 Å². The van der Waals surface area contributed by atoms with E-state index in [1.54, 1.807) is 0 Å². The summed E-state index contributed by atoms with van der Waals surface area (Å²) in [6.45, 7) is 10.7. The van der Waals surface area contributed by atoms with Crippen molar-refractivity contribution < 1.29 is 13.9 Å². The van der Waals surface area contributed by atoms with Crippen molar-refractivity contribution in [2.75, 3.05) is 39.4 Å². The molecule has 5 fully saturated rings. The monoisotopic (exact) mass is 506 g/mol. The van der Waals surface area contributed by atoms with E-state index in [9.17, 15) is 9.18 Å². The molecule has 0 aromatic carbocycles. The van der Waals surface area contributed by atoms with Gasteiger partial charge in [0.15, 0.2) is 0 Å². The van der Waals surface area contributed by atoms with Gasteiger partial charge in [0, 0.05) is 43.7 Å². The Balaban J connectivity index is 1.17. The standard InChI is InChI=1S/C29H51FN4O2/c1-19-4-3-11-31-28(19)25(16-21-6-8-22(9-7-21)18-34-12-14-36-15-13-34)33-29(35)26-17-23-24(30)10-5-20(2)27(23)32-26/h19-28,31-32H,3-18H2,1-2H3,(H,33,35). The van der Waals surface area contributed by atoms with E-state index in [0.29, 0.717) is 36.6 Å². The Morgan fingerprint density at radius 1 is 1.03 bits per heavy atom. The summed E-state index contributed by atoms with van der Waals surface area (Å²) in [5.41, 5.74) is 0. The number of amides is 1. The van der Waals surface area contributed by atoms with Gasteiger partial charge in [-0.3, -0.25) is 9.69 Å². The van der Waals surface area contributed by atoms with E-state index in [-0.39, 0.29) is 30.0 Å². The molecule has 0 spiro atoms. The molecule has 3 aliphatic heterocycles. The zero-order valence-corrected chi connectivity index (χ0v) is 22.7. The Bertz CT molecular complexity index is 693. The van der Waals surface area contributed by atoms with E-state index in [2.05, 4.69) is 34.7 Å². The molecule has 2 saturated carbocycles. The van der Waals surface area contributed by atoms with E-state index in [1.165, 1.54) is 45.1 Å². The van der Waals surface area contributed by atoms with Crippen LogP contribution >= 0.6 is 0 Å². The van der Waals surface area contributed by atoms with Gasteiger partial charge in [0.05, 0.1) is 19.3 Å². The summed E-state index contributed by atoms with van der Waals surface area (Å²) in [6.07, 6.45) is 10.1. The number of hydrogen-bond donors (Lipinski definition) is 3. The number of rotatable bonds is 7. The second-order valence-corrected chi connectivity index (χ2v) is 13.0. The average Bonchev–Trinajstić information content (AvgIpc) is 3.35. The number of halogens is 1. The summed E-state index contributed by atoms with van der Waals surface area (Å²) in [4.78, 5) is 16.1. The van der Waals surface area contributed by atoms with Gasteiger partial charge < -0.3 is 20.7 Å². The first-order chi connectivity index (χ1) is 17.5. The number of nitrogens with one attached hydrogen (secondary N) is 3. The van der Waals surface area contributed by atoms with Crippen LogP contribution in [0.2, 0.25) is 0 Å². The highest BCUT2D eigenvalue weighted by atomic mass is 19.1. The van der Waals surface area contributed by atoms with Crippen molar-refractivity contribution >= 4 is 5.91 Å². The molecule has 1 amide bonds. The predicted molar refractivity (Wildman–Crippen MR) is 142 cm³/mol. The minimum atomic E-state index is -0.764. The maximum absolute atomic E-state index is 14.7. The number of piperidine rings is 1. The Hall–Kier alpha value is -0.760. The molecule has 3 N–H and O–H groups in total. The summed E-state index contributed by atoms with van der Waals surface area (Å²) in [5.74, 6) is 2.60. The molecule has 8 unspecified atom stereocenters. The molecule has 6 nitrogen and oxygen atoms in total. The van der Waals surface area contributed by atoms with Gasteiger partial charge in [0.2, 0.25) is 5.91 Å². The van der Waals surface area contributed by atoms with Gasteiger partial charge in [0.1, 0.15) is 6.17 Å². The Labute approximate surface area is 218 Å². The van der Waals surface area contributed by atoms with Gasteiger partial charge in [-0.15, -0.1) is 0 Å². The Morgan fingerprint density at radius 2 is 1.78 bits per heavy atom. The molecule has 5 aliphatic rings. The lowest BCUT2D eigenvalue weighted by molar-refractivity contribution is -0.124. The van der Waals surface area contributed by atoms with Crippen LogP contribution in [0.3, 0.4) is 0 Å². The van der Waals surface area contributed by atoms with Crippen LogP contribution in [0.1, 0.15) is 78.1 Å². The molecular weight excluding hydrogens is 455 g/mol. The number of carbonyl (C=O) groups excluding carboxylic acids is 1. The molecule has 2 aliphatic carbocycles. The number of nitrogens with zero attached hydrogens (tertiary/aromatic N) is 1. The van der Waals surface area contributed by atoms with Crippen LogP contribution in [0.15, 0.2) is 0 Å². The van der Waals surface area contributed by atoms with E-state index < -0.39 is 6.17 Å². The van der Waals surface area contributed by atoms with Crippen molar-refractivity contribution in [2.24, 2.45) is 29.6 Å². The lowest BCUT2D eigenvalue weighted by Gasteiger charge is -2.40. The molecule has 3 saturated heterocycles. The second-order valence-electron chi connectivity index (χ2n) is 13.0. The number of ether oxygens (including phenoxy) is 1. The lowest BCUT2D eigenvalue weighted by atomic mass is 9.76. The summed E-state index contributed by atoms with van der Waals surface area (Å²) < 4.78 is 20.2. The molecule has 7 heteroatoms. The first-order valence-corrected chi connectivity index (χ1v) is 15.2. The summed E-state index contributed by atoms with van der Waals surface area (Å²) >= 11 is 0. The van der Waals surface area contributed by atoms with Gasteiger partial charge in [-0.1, -0.05) is 26.7 Å². The summed E-state index contributed by atoms with van der Waals surface area (Å²) in [7, 11) is 0. The third-order valence-corrected chi connectivity index (χ3v) is 10.4. The average molecular weight is 507 g/mol. The maximum Gasteiger partial charge on any atom is 0.237 e. The first-order valence-electron chi connectivity index (χ1n) is 15.2. The van der Waals surface area contributed by atoms with Gasteiger partial charge >= 0.3 is 0 Å². The topological polar surface area (TPSA) is 65.6 Å². The predicted octanol–water partition coefficient (Wildman–Crippen LogP) is 3.50. The van der Waals surface area contributed by atoms with Crippen LogP contribution < -0.4 is 16.0 Å². The van der Waals surface area contributed by atoms with Crippen molar-refractivity contribution in [3.8, 4) is 0 Å². The molecule has 0 bridgehead atoms. The van der Waals surface area contributed by atoms with Gasteiger partial charge in [-0.05, 0) is 81.6 Å². The van der Waals surface area contributed by atoms with Crippen molar-refractivity contribution in [3.63, 3.8) is 0 Å². The molecular formula is C29H51FN4O2. The Kier molecular flexibility index (Phi) is 9.24. The molecule has 36 heavy (non-hydrogen) atoms. The highest BCUT2D eigenvalue weighted by Gasteiger charge is 2.47. The van der Waals surface area contributed by atoms with Crippen molar-refractivity contribution in [1.29, 1.82) is 0 Å². The van der Waals surface area contributed by atoms with Crippen LogP contribution in [0.5, 0.6) is 0 Å². The number of fused-ring (bicyclic) bond motifs is 1. The molecule has 0 aromatic heterocycles. The first kappa shape index (κ1) is 26.8. The third kappa shape index (κ3) is 6.44. The van der Waals surface area contributed by atoms with E-state index in [1.807, 2.05) is 0 Å². The maximum atomic E-state index is 14.7. The normalized spacial score (nSPS) is 43.0. The van der Waals surface area contributed by atoms with Gasteiger partial charge in [-0.25, -0.2) is 4.39 Å². The summed E-state index contributed by atoms with van der Waals surface area (Å²) in [6, 6.07) is 0.405. The van der Waals surface area contributed by atoms with Crippen molar-refractivity contribution in [3.05, 3.63) is 0 Å². The van der Waals surface area contributed by atoms with Crippen molar-refractivity contribution in [1.82, 2.24) is 20.9 Å².